The summed E-state index contributed by atoms with van der Waals surface area (Å²) in [6.45, 7) is 5.39. The van der Waals surface area contributed by atoms with Gasteiger partial charge < -0.3 is 19.6 Å². The Bertz CT molecular complexity index is 1020. The molecule has 3 aromatic rings. The lowest BCUT2D eigenvalue weighted by molar-refractivity contribution is 0.189. The number of hydrogen-bond acceptors (Lipinski definition) is 5. The first-order valence-electron chi connectivity index (χ1n) is 8.10. The molecule has 1 amide bonds. The molecule has 1 aromatic heterocycles. The third-order valence-electron chi connectivity index (χ3n) is 3.56. The van der Waals surface area contributed by atoms with E-state index in [1.165, 1.54) is 18.2 Å². The van der Waals surface area contributed by atoms with Gasteiger partial charge >= 0.3 is 6.09 Å². The van der Waals surface area contributed by atoms with Crippen LogP contribution in [-0.2, 0) is 0 Å². The molecule has 0 fully saturated rings. The van der Waals surface area contributed by atoms with E-state index in [2.05, 4.69) is 5.32 Å². The van der Waals surface area contributed by atoms with Crippen LogP contribution >= 0.6 is 0 Å². The largest absolute Gasteiger partial charge is 0.504 e. The van der Waals surface area contributed by atoms with Crippen LogP contribution in [-0.4, -0.2) is 16.7 Å². The smallest absolute Gasteiger partial charge is 0.413 e. The van der Waals surface area contributed by atoms with Crippen LogP contribution in [0.4, 0.5) is 4.79 Å². The molecular weight excluding hydrogens is 334 g/mol. The van der Waals surface area contributed by atoms with E-state index in [1.807, 2.05) is 18.2 Å². The molecule has 134 valence electrons. The number of aromatic hydroxyl groups is 1. The zero-order chi connectivity index (χ0) is 18.9. The molecule has 0 saturated carbocycles. The fourth-order valence-corrected chi connectivity index (χ4v) is 2.45. The molecule has 0 atom stereocenters. The van der Waals surface area contributed by atoms with Crippen molar-refractivity contribution >= 4 is 17.1 Å². The summed E-state index contributed by atoms with van der Waals surface area (Å²) in [6.07, 6.45) is -0.756. The van der Waals surface area contributed by atoms with Gasteiger partial charge in [-0.05, 0) is 32.9 Å². The van der Waals surface area contributed by atoms with Crippen molar-refractivity contribution in [2.75, 3.05) is 0 Å². The first-order chi connectivity index (χ1) is 12.2. The molecule has 0 spiro atoms. The molecule has 2 N–H and O–H groups in total. The van der Waals surface area contributed by atoms with Crippen LogP contribution in [0.1, 0.15) is 20.8 Å². The van der Waals surface area contributed by atoms with Crippen molar-refractivity contribution in [3.63, 3.8) is 0 Å². The molecule has 0 aliphatic carbocycles. The Balaban J connectivity index is 2.13. The second kappa shape index (κ2) is 6.55. The third kappa shape index (κ3) is 3.69. The summed E-state index contributed by atoms with van der Waals surface area (Å²) >= 11 is 0. The minimum absolute atomic E-state index is 0.0143. The number of hydrogen-bond donors (Lipinski definition) is 2. The molecule has 0 radical (unpaired) electrons. The van der Waals surface area contributed by atoms with Crippen LogP contribution in [0.5, 0.6) is 11.5 Å². The van der Waals surface area contributed by atoms with E-state index in [9.17, 15) is 14.7 Å². The fourth-order valence-electron chi connectivity index (χ4n) is 2.45. The Hall–Kier alpha value is -3.28. The summed E-state index contributed by atoms with van der Waals surface area (Å²) < 4.78 is 11.1. The average Bonchev–Trinajstić information content (AvgIpc) is 2.56. The van der Waals surface area contributed by atoms with E-state index in [-0.39, 0.29) is 27.9 Å². The number of fused-ring (bicyclic) bond motifs is 1. The minimum atomic E-state index is -0.756. The van der Waals surface area contributed by atoms with Gasteiger partial charge in [-0.15, -0.1) is 0 Å². The van der Waals surface area contributed by atoms with Crippen molar-refractivity contribution in [2.45, 2.75) is 26.3 Å². The number of carbonyl (C=O) groups is 1. The summed E-state index contributed by atoms with van der Waals surface area (Å²) in [5, 5.41) is 13.0. The highest BCUT2D eigenvalue weighted by Crippen LogP contribution is 2.35. The van der Waals surface area contributed by atoms with E-state index in [0.717, 1.165) is 0 Å². The Kier molecular flexibility index (Phi) is 4.42. The van der Waals surface area contributed by atoms with Gasteiger partial charge in [0.05, 0.1) is 5.39 Å². The van der Waals surface area contributed by atoms with E-state index < -0.39 is 11.6 Å². The van der Waals surface area contributed by atoms with Crippen LogP contribution in [0.3, 0.4) is 0 Å². The van der Waals surface area contributed by atoms with Gasteiger partial charge in [-0.1, -0.05) is 30.3 Å². The van der Waals surface area contributed by atoms with Crippen molar-refractivity contribution in [1.29, 1.82) is 0 Å². The van der Waals surface area contributed by atoms with Gasteiger partial charge in [-0.2, -0.15) is 0 Å². The maximum absolute atomic E-state index is 12.5. The number of phenols is 1. The van der Waals surface area contributed by atoms with Gasteiger partial charge in [0.15, 0.2) is 16.8 Å². The van der Waals surface area contributed by atoms with Crippen LogP contribution < -0.4 is 15.5 Å². The lowest BCUT2D eigenvalue weighted by Crippen LogP contribution is -2.42. The highest BCUT2D eigenvalue weighted by Gasteiger charge is 2.21. The second-order valence-electron chi connectivity index (χ2n) is 6.90. The molecule has 6 nitrogen and oxygen atoms in total. The molecule has 0 bridgehead atoms. The fraction of sp³-hybridized carbons (Fsp3) is 0.200. The highest BCUT2D eigenvalue weighted by atomic mass is 16.6. The van der Waals surface area contributed by atoms with Crippen molar-refractivity contribution in [3.05, 3.63) is 58.8 Å². The van der Waals surface area contributed by atoms with E-state index in [4.69, 9.17) is 9.15 Å². The Morgan fingerprint density at radius 2 is 1.81 bits per heavy atom. The van der Waals surface area contributed by atoms with E-state index in [1.54, 1.807) is 32.9 Å². The van der Waals surface area contributed by atoms with E-state index in [0.29, 0.717) is 11.3 Å². The number of ether oxygens (including phenoxy) is 1. The summed E-state index contributed by atoms with van der Waals surface area (Å²) in [5.74, 6) is -0.177. The number of rotatable bonds is 2. The minimum Gasteiger partial charge on any atom is -0.504 e. The Morgan fingerprint density at radius 3 is 2.46 bits per heavy atom. The predicted octanol–water partition coefficient (Wildman–Crippen LogP) is 4.05. The average molecular weight is 353 g/mol. The van der Waals surface area contributed by atoms with Gasteiger partial charge in [-0.25, -0.2) is 4.79 Å². The Labute approximate surface area is 150 Å². The van der Waals surface area contributed by atoms with Crippen molar-refractivity contribution < 1.29 is 19.1 Å². The van der Waals surface area contributed by atoms with Crippen molar-refractivity contribution in [3.8, 4) is 22.8 Å². The summed E-state index contributed by atoms with van der Waals surface area (Å²) in [5.41, 5.74) is -0.112. The molecule has 0 unspecified atom stereocenters. The number of nitrogens with one attached hydrogen (secondary N) is 1. The quantitative estimate of drug-likeness (QED) is 0.725. The predicted molar refractivity (Wildman–Crippen MR) is 98.5 cm³/mol. The summed E-state index contributed by atoms with van der Waals surface area (Å²) in [6, 6.07) is 13.2. The summed E-state index contributed by atoms with van der Waals surface area (Å²) in [4.78, 5) is 24.6. The van der Waals surface area contributed by atoms with E-state index >= 15 is 0 Å². The number of carbonyl (C=O) groups excluding carboxylic acids is 1. The van der Waals surface area contributed by atoms with Crippen LogP contribution in [0, 0.1) is 0 Å². The standard InChI is InChI=1S/C20H19NO5/c1-20(2,3)21-19(24)26-18-14(22)10-9-13-15(23)11-16(25-17(13)18)12-7-5-4-6-8-12/h4-11,22H,1-3H3,(H,21,24). The topological polar surface area (TPSA) is 88.8 Å². The first kappa shape index (κ1) is 17.5. The van der Waals surface area contributed by atoms with Crippen LogP contribution in [0.15, 0.2) is 57.7 Å². The van der Waals surface area contributed by atoms with Gasteiger partial charge in [-0.3, -0.25) is 4.79 Å². The van der Waals surface area contributed by atoms with Gasteiger partial charge in [0.2, 0.25) is 5.75 Å². The molecule has 1 heterocycles. The number of phenolic OH excluding ortho intramolecular Hbond substituents is 1. The number of benzene rings is 2. The van der Waals surface area contributed by atoms with Crippen molar-refractivity contribution in [2.24, 2.45) is 0 Å². The second-order valence-corrected chi connectivity index (χ2v) is 6.90. The maximum Gasteiger partial charge on any atom is 0.413 e. The van der Waals surface area contributed by atoms with Crippen LogP contribution in [0.25, 0.3) is 22.3 Å². The zero-order valence-electron chi connectivity index (χ0n) is 14.7. The third-order valence-corrected chi connectivity index (χ3v) is 3.56. The summed E-state index contributed by atoms with van der Waals surface area (Å²) in [7, 11) is 0. The molecule has 6 heteroatoms. The van der Waals surface area contributed by atoms with Gasteiger partial charge in [0.1, 0.15) is 5.76 Å². The molecule has 3 rings (SSSR count). The van der Waals surface area contributed by atoms with Gasteiger partial charge in [0, 0.05) is 17.2 Å². The lowest BCUT2D eigenvalue weighted by atomic mass is 10.1. The van der Waals surface area contributed by atoms with Crippen molar-refractivity contribution in [1.82, 2.24) is 5.32 Å². The zero-order valence-corrected chi connectivity index (χ0v) is 14.7. The van der Waals surface area contributed by atoms with Crippen LogP contribution in [0.2, 0.25) is 0 Å². The maximum atomic E-state index is 12.5. The molecule has 0 aliphatic heterocycles. The number of amides is 1. The normalized spacial score (nSPS) is 11.3. The molecular formula is C20H19NO5. The monoisotopic (exact) mass is 353 g/mol. The SMILES string of the molecule is CC(C)(C)NC(=O)Oc1c(O)ccc2c(=O)cc(-c3ccccc3)oc12. The first-order valence-corrected chi connectivity index (χ1v) is 8.10. The Morgan fingerprint density at radius 1 is 1.12 bits per heavy atom. The van der Waals surface area contributed by atoms with Gasteiger partial charge in [0.25, 0.3) is 0 Å². The highest BCUT2D eigenvalue weighted by molar-refractivity contribution is 5.89. The molecule has 0 saturated heterocycles. The molecule has 0 aliphatic rings. The molecule has 26 heavy (non-hydrogen) atoms. The molecule has 2 aromatic carbocycles. The lowest BCUT2D eigenvalue weighted by Gasteiger charge is -2.20.